The number of rotatable bonds is 3. The Morgan fingerprint density at radius 2 is 2.17 bits per heavy atom. The van der Waals surface area contributed by atoms with Gasteiger partial charge in [-0.25, -0.2) is 0 Å². The third-order valence-electron chi connectivity index (χ3n) is 2.03. The zero-order valence-corrected chi connectivity index (χ0v) is 8.20. The minimum atomic E-state index is 0.367. The van der Waals surface area contributed by atoms with Crippen LogP contribution in [0.2, 0.25) is 0 Å². The highest BCUT2D eigenvalue weighted by Gasteiger charge is 2.15. The Morgan fingerprint density at radius 1 is 1.50 bits per heavy atom. The minimum absolute atomic E-state index is 0.367. The van der Waals surface area contributed by atoms with Gasteiger partial charge >= 0.3 is 0 Å². The summed E-state index contributed by atoms with van der Waals surface area (Å²) in [5.41, 5.74) is 1.12. The largest absolute Gasteiger partial charge is 0.311 e. The molecule has 3 nitrogen and oxygen atoms in total. The van der Waals surface area contributed by atoms with Gasteiger partial charge in [0.05, 0.1) is 11.7 Å². The maximum atomic E-state index is 4.36. The summed E-state index contributed by atoms with van der Waals surface area (Å²) in [6, 6.07) is 2.42. The van der Waals surface area contributed by atoms with Gasteiger partial charge in [0, 0.05) is 13.2 Å². The molecule has 1 atom stereocenters. The molecule has 0 fully saturated rings. The summed E-state index contributed by atoms with van der Waals surface area (Å²) in [7, 11) is 3.91. The van der Waals surface area contributed by atoms with Gasteiger partial charge in [-0.1, -0.05) is 13.8 Å². The minimum Gasteiger partial charge on any atom is -0.311 e. The summed E-state index contributed by atoms with van der Waals surface area (Å²) in [5.74, 6) is 0.574. The van der Waals surface area contributed by atoms with Crippen molar-refractivity contribution >= 4 is 0 Å². The smallest absolute Gasteiger partial charge is 0.0796 e. The molecule has 0 aromatic carbocycles. The maximum Gasteiger partial charge on any atom is 0.0796 e. The van der Waals surface area contributed by atoms with Crippen LogP contribution < -0.4 is 5.32 Å². The summed E-state index contributed by atoms with van der Waals surface area (Å²) < 4.78 is 1.84. The third-order valence-corrected chi connectivity index (χ3v) is 2.03. The molecule has 0 aliphatic rings. The van der Waals surface area contributed by atoms with Crippen molar-refractivity contribution in [2.75, 3.05) is 7.05 Å². The molecule has 0 spiro atoms. The van der Waals surface area contributed by atoms with Crippen LogP contribution in [0.3, 0.4) is 0 Å². The summed E-state index contributed by atoms with van der Waals surface area (Å²) in [6.45, 7) is 4.38. The van der Waals surface area contributed by atoms with Crippen molar-refractivity contribution in [1.82, 2.24) is 15.1 Å². The van der Waals surface area contributed by atoms with Crippen LogP contribution in [0.1, 0.15) is 25.6 Å². The van der Waals surface area contributed by atoms with E-state index in [4.69, 9.17) is 0 Å². The molecule has 0 amide bonds. The van der Waals surface area contributed by atoms with E-state index in [0.29, 0.717) is 12.0 Å². The molecule has 0 aliphatic heterocycles. The Bertz CT molecular complexity index is 240. The first kappa shape index (κ1) is 9.26. The maximum absolute atomic E-state index is 4.36. The quantitative estimate of drug-likeness (QED) is 0.736. The van der Waals surface area contributed by atoms with Crippen molar-refractivity contribution in [3.63, 3.8) is 0 Å². The Labute approximate surface area is 73.8 Å². The number of hydrogen-bond donors (Lipinski definition) is 1. The summed E-state index contributed by atoms with van der Waals surface area (Å²) in [4.78, 5) is 0. The molecule has 0 aliphatic carbocycles. The second-order valence-electron chi connectivity index (χ2n) is 3.42. The lowest BCUT2D eigenvalue weighted by Crippen LogP contribution is -2.22. The lowest BCUT2D eigenvalue weighted by molar-refractivity contribution is 0.429. The van der Waals surface area contributed by atoms with Gasteiger partial charge in [-0.2, -0.15) is 5.10 Å². The van der Waals surface area contributed by atoms with Gasteiger partial charge in [0.15, 0.2) is 0 Å². The molecular formula is C9H17N3. The molecule has 1 aromatic rings. The first-order valence-corrected chi connectivity index (χ1v) is 4.32. The van der Waals surface area contributed by atoms with E-state index in [-0.39, 0.29) is 0 Å². The summed E-state index contributed by atoms with van der Waals surface area (Å²) >= 11 is 0. The van der Waals surface area contributed by atoms with Crippen molar-refractivity contribution in [3.05, 3.63) is 18.0 Å². The van der Waals surface area contributed by atoms with Crippen molar-refractivity contribution in [3.8, 4) is 0 Å². The van der Waals surface area contributed by atoms with Crippen LogP contribution in [0, 0.1) is 5.92 Å². The van der Waals surface area contributed by atoms with E-state index in [9.17, 15) is 0 Å². The van der Waals surface area contributed by atoms with E-state index in [1.54, 1.807) is 0 Å². The van der Waals surface area contributed by atoms with E-state index in [0.717, 1.165) is 5.69 Å². The van der Waals surface area contributed by atoms with E-state index >= 15 is 0 Å². The first-order chi connectivity index (χ1) is 5.65. The molecule has 12 heavy (non-hydrogen) atoms. The van der Waals surface area contributed by atoms with Crippen LogP contribution in [0.25, 0.3) is 0 Å². The van der Waals surface area contributed by atoms with Gasteiger partial charge in [0.25, 0.3) is 0 Å². The van der Waals surface area contributed by atoms with Gasteiger partial charge in [0.2, 0.25) is 0 Å². The summed E-state index contributed by atoms with van der Waals surface area (Å²) in [6.07, 6.45) is 1.97. The molecule has 68 valence electrons. The molecule has 1 unspecified atom stereocenters. The average Bonchev–Trinajstić information content (AvgIpc) is 2.37. The average molecular weight is 167 g/mol. The standard InChI is InChI=1S/C9H17N3/c1-7(2)9(10-3)8-5-6-12(4)11-8/h5-7,9-10H,1-4H3. The van der Waals surface area contributed by atoms with E-state index in [2.05, 4.69) is 30.3 Å². The van der Waals surface area contributed by atoms with Crippen molar-refractivity contribution in [2.24, 2.45) is 13.0 Å². The molecule has 3 heteroatoms. The highest BCUT2D eigenvalue weighted by molar-refractivity contribution is 5.05. The molecule has 1 heterocycles. The lowest BCUT2D eigenvalue weighted by atomic mass is 10.0. The van der Waals surface area contributed by atoms with Crippen molar-refractivity contribution in [2.45, 2.75) is 19.9 Å². The van der Waals surface area contributed by atoms with Crippen LogP contribution in [0.5, 0.6) is 0 Å². The highest BCUT2D eigenvalue weighted by atomic mass is 15.3. The molecule has 1 aromatic heterocycles. The predicted molar refractivity (Wildman–Crippen MR) is 49.8 cm³/mol. The SMILES string of the molecule is CNC(c1ccn(C)n1)C(C)C. The van der Waals surface area contributed by atoms with Gasteiger partial charge in [-0.15, -0.1) is 0 Å². The zero-order chi connectivity index (χ0) is 9.14. The summed E-state index contributed by atoms with van der Waals surface area (Å²) in [5, 5.41) is 7.61. The third kappa shape index (κ3) is 1.85. The number of aromatic nitrogens is 2. The molecule has 0 saturated carbocycles. The van der Waals surface area contributed by atoms with Gasteiger partial charge < -0.3 is 5.32 Å². The monoisotopic (exact) mass is 167 g/mol. The second-order valence-corrected chi connectivity index (χ2v) is 3.42. The van der Waals surface area contributed by atoms with E-state index in [1.807, 2.05) is 25.0 Å². The highest BCUT2D eigenvalue weighted by Crippen LogP contribution is 2.18. The fourth-order valence-corrected chi connectivity index (χ4v) is 1.42. The molecule has 0 radical (unpaired) electrons. The van der Waals surface area contributed by atoms with Crippen molar-refractivity contribution < 1.29 is 0 Å². The van der Waals surface area contributed by atoms with Crippen LogP contribution in [0.15, 0.2) is 12.3 Å². The van der Waals surface area contributed by atoms with Crippen LogP contribution >= 0.6 is 0 Å². The zero-order valence-electron chi connectivity index (χ0n) is 8.20. The van der Waals surface area contributed by atoms with Gasteiger partial charge in [0.1, 0.15) is 0 Å². The Balaban J connectivity index is 2.80. The van der Waals surface area contributed by atoms with Gasteiger partial charge in [-0.05, 0) is 19.0 Å². The topological polar surface area (TPSA) is 29.9 Å². The fourth-order valence-electron chi connectivity index (χ4n) is 1.42. The van der Waals surface area contributed by atoms with Crippen LogP contribution in [0.4, 0.5) is 0 Å². The number of nitrogens with one attached hydrogen (secondary N) is 1. The number of nitrogens with zero attached hydrogens (tertiary/aromatic N) is 2. The molecular weight excluding hydrogens is 150 g/mol. The first-order valence-electron chi connectivity index (χ1n) is 4.32. The Hall–Kier alpha value is -0.830. The Kier molecular flexibility index (Phi) is 2.87. The predicted octanol–water partition coefficient (Wildman–Crippen LogP) is 1.34. The number of aryl methyl sites for hydroxylation is 1. The van der Waals surface area contributed by atoms with Gasteiger partial charge in [-0.3, -0.25) is 4.68 Å². The molecule has 0 saturated heterocycles. The van der Waals surface area contributed by atoms with Crippen LogP contribution in [-0.2, 0) is 7.05 Å². The molecule has 0 bridgehead atoms. The molecule has 1 rings (SSSR count). The van der Waals surface area contributed by atoms with Crippen molar-refractivity contribution in [1.29, 1.82) is 0 Å². The van der Waals surface area contributed by atoms with E-state index in [1.165, 1.54) is 0 Å². The fraction of sp³-hybridized carbons (Fsp3) is 0.667. The van der Waals surface area contributed by atoms with Crippen LogP contribution in [-0.4, -0.2) is 16.8 Å². The normalized spacial score (nSPS) is 13.8. The Morgan fingerprint density at radius 3 is 2.50 bits per heavy atom. The lowest BCUT2D eigenvalue weighted by Gasteiger charge is -2.17. The number of hydrogen-bond acceptors (Lipinski definition) is 2. The molecule has 1 N–H and O–H groups in total. The second kappa shape index (κ2) is 3.72. The van der Waals surface area contributed by atoms with E-state index < -0.39 is 0 Å².